The highest BCUT2D eigenvalue weighted by atomic mass is 35.5. The molecule has 0 saturated heterocycles. The number of halogens is 1. The van der Waals surface area contributed by atoms with Gasteiger partial charge in [-0.1, -0.05) is 22.9 Å². The molecule has 0 radical (unpaired) electrons. The number of nitrogens with two attached hydrogens (primary N) is 1. The van der Waals surface area contributed by atoms with Crippen LogP contribution in [0, 0.1) is 6.92 Å². The molecule has 7 heteroatoms. The van der Waals surface area contributed by atoms with Gasteiger partial charge in [-0.15, -0.1) is 5.10 Å². The van der Waals surface area contributed by atoms with Gasteiger partial charge >= 0.3 is 0 Å². The predicted octanol–water partition coefficient (Wildman–Crippen LogP) is 0.804. The number of aryl methyl sites for hydroxylation is 1. The first kappa shape index (κ1) is 13.5. The van der Waals surface area contributed by atoms with Gasteiger partial charge in [0.2, 0.25) is 5.91 Å². The number of hydrogen-bond acceptors (Lipinski definition) is 4. The maximum absolute atomic E-state index is 11.1. The van der Waals surface area contributed by atoms with Crippen molar-refractivity contribution in [1.29, 1.82) is 0 Å². The summed E-state index contributed by atoms with van der Waals surface area (Å²) >= 11 is 5.96. The minimum Gasteiger partial charge on any atom is -0.349 e. The summed E-state index contributed by atoms with van der Waals surface area (Å²) in [6.07, 6.45) is 1.75. The normalized spacial score (nSPS) is 10.5. The van der Waals surface area contributed by atoms with Crippen molar-refractivity contribution in [3.8, 4) is 5.69 Å². The molecule has 6 nitrogen and oxygen atoms in total. The summed E-state index contributed by atoms with van der Waals surface area (Å²) in [6, 6.07) is 5.54. The first-order chi connectivity index (χ1) is 9.10. The summed E-state index contributed by atoms with van der Waals surface area (Å²) in [6.45, 7) is 2.22. The Labute approximate surface area is 115 Å². The quantitative estimate of drug-likeness (QED) is 0.867. The molecule has 1 aromatic carbocycles. The molecule has 19 heavy (non-hydrogen) atoms. The van der Waals surface area contributed by atoms with Crippen LogP contribution in [0.4, 0.5) is 0 Å². The van der Waals surface area contributed by atoms with E-state index in [0.717, 1.165) is 11.3 Å². The molecule has 0 saturated carbocycles. The number of amides is 1. The first-order valence-electron chi connectivity index (χ1n) is 5.74. The Morgan fingerprint density at radius 2 is 2.32 bits per heavy atom. The van der Waals surface area contributed by atoms with Crippen LogP contribution in [0.3, 0.4) is 0 Å². The zero-order chi connectivity index (χ0) is 13.8. The molecule has 0 aliphatic carbocycles. The van der Waals surface area contributed by atoms with Crippen LogP contribution < -0.4 is 11.1 Å². The topological polar surface area (TPSA) is 85.8 Å². The summed E-state index contributed by atoms with van der Waals surface area (Å²) in [4.78, 5) is 11.1. The lowest BCUT2D eigenvalue weighted by Crippen LogP contribution is -2.29. The van der Waals surface area contributed by atoms with Gasteiger partial charge in [0.05, 0.1) is 25.0 Å². The molecule has 2 aromatic rings. The third kappa shape index (κ3) is 3.30. The van der Waals surface area contributed by atoms with E-state index in [2.05, 4.69) is 15.6 Å². The van der Waals surface area contributed by atoms with E-state index in [1.54, 1.807) is 10.9 Å². The van der Waals surface area contributed by atoms with Crippen molar-refractivity contribution in [2.24, 2.45) is 5.73 Å². The molecule has 100 valence electrons. The number of nitrogens with zero attached hydrogens (tertiary/aromatic N) is 3. The van der Waals surface area contributed by atoms with Crippen LogP contribution in [0.1, 0.15) is 11.3 Å². The lowest BCUT2D eigenvalue weighted by atomic mass is 10.2. The van der Waals surface area contributed by atoms with Gasteiger partial charge < -0.3 is 11.1 Å². The largest absolute Gasteiger partial charge is 0.349 e. The Kier molecular flexibility index (Phi) is 4.13. The Morgan fingerprint density at radius 3 is 3.05 bits per heavy atom. The van der Waals surface area contributed by atoms with Crippen LogP contribution in [0.5, 0.6) is 0 Å². The van der Waals surface area contributed by atoms with Gasteiger partial charge in [-0.05, 0) is 24.6 Å². The van der Waals surface area contributed by atoms with E-state index >= 15 is 0 Å². The predicted molar refractivity (Wildman–Crippen MR) is 72.0 cm³/mol. The molecule has 0 aliphatic rings. The molecule has 1 aromatic heterocycles. The van der Waals surface area contributed by atoms with E-state index in [1.807, 2.05) is 25.1 Å². The second-order valence-electron chi connectivity index (χ2n) is 4.07. The number of hydrogen-bond donors (Lipinski definition) is 2. The minimum atomic E-state index is -0.228. The fraction of sp³-hybridized carbons (Fsp3) is 0.250. The SMILES string of the molecule is Cc1ccc(Cl)cc1-n1cc(CNC(=O)CN)nn1. The minimum absolute atomic E-state index is 0.0401. The number of aromatic nitrogens is 3. The van der Waals surface area contributed by atoms with Crippen molar-refractivity contribution in [3.63, 3.8) is 0 Å². The van der Waals surface area contributed by atoms with Gasteiger partial charge in [0.25, 0.3) is 0 Å². The van der Waals surface area contributed by atoms with E-state index in [0.29, 0.717) is 17.3 Å². The zero-order valence-corrected chi connectivity index (χ0v) is 11.2. The van der Waals surface area contributed by atoms with E-state index in [4.69, 9.17) is 17.3 Å². The Morgan fingerprint density at radius 1 is 1.53 bits per heavy atom. The standard InChI is InChI=1S/C12H14ClN5O/c1-8-2-3-9(13)4-11(8)18-7-10(16-17-18)6-15-12(19)5-14/h2-4,7H,5-6,14H2,1H3,(H,15,19). The summed E-state index contributed by atoms with van der Waals surface area (Å²) in [7, 11) is 0. The Bertz CT molecular complexity index is 596. The lowest BCUT2D eigenvalue weighted by molar-refractivity contribution is -0.119. The second kappa shape index (κ2) is 5.81. The zero-order valence-electron chi connectivity index (χ0n) is 10.4. The van der Waals surface area contributed by atoms with Crippen LogP contribution in [0.15, 0.2) is 24.4 Å². The number of rotatable bonds is 4. The highest BCUT2D eigenvalue weighted by Crippen LogP contribution is 2.18. The van der Waals surface area contributed by atoms with E-state index < -0.39 is 0 Å². The van der Waals surface area contributed by atoms with Gasteiger partial charge in [0.1, 0.15) is 5.69 Å². The van der Waals surface area contributed by atoms with Crippen LogP contribution >= 0.6 is 11.6 Å². The van der Waals surface area contributed by atoms with Gasteiger partial charge in [-0.2, -0.15) is 0 Å². The van der Waals surface area contributed by atoms with Crippen molar-refractivity contribution in [2.75, 3.05) is 6.54 Å². The molecule has 3 N–H and O–H groups in total. The smallest absolute Gasteiger partial charge is 0.234 e. The number of nitrogens with one attached hydrogen (secondary N) is 1. The molecule has 0 spiro atoms. The van der Waals surface area contributed by atoms with E-state index in [-0.39, 0.29) is 12.5 Å². The number of carbonyl (C=O) groups excluding carboxylic acids is 1. The Balaban J connectivity index is 2.16. The van der Waals surface area contributed by atoms with Gasteiger partial charge in [0, 0.05) is 5.02 Å². The molecule has 1 heterocycles. The molecule has 1 amide bonds. The van der Waals surface area contributed by atoms with Crippen LogP contribution in [0.25, 0.3) is 5.69 Å². The molecule has 0 bridgehead atoms. The molecule has 0 atom stereocenters. The molecule has 0 aliphatic heterocycles. The molecule has 2 rings (SSSR count). The van der Waals surface area contributed by atoms with Gasteiger partial charge in [0.15, 0.2) is 0 Å². The van der Waals surface area contributed by atoms with Crippen molar-refractivity contribution in [2.45, 2.75) is 13.5 Å². The van der Waals surface area contributed by atoms with Crippen LogP contribution in [-0.4, -0.2) is 27.4 Å². The number of benzene rings is 1. The van der Waals surface area contributed by atoms with Crippen LogP contribution in [-0.2, 0) is 11.3 Å². The van der Waals surface area contributed by atoms with Crippen LogP contribution in [0.2, 0.25) is 5.02 Å². The van der Waals surface area contributed by atoms with Crippen molar-refractivity contribution in [1.82, 2.24) is 20.3 Å². The van der Waals surface area contributed by atoms with Gasteiger partial charge in [-0.25, -0.2) is 4.68 Å². The second-order valence-corrected chi connectivity index (χ2v) is 4.50. The third-order valence-electron chi connectivity index (χ3n) is 2.61. The van der Waals surface area contributed by atoms with E-state index in [1.165, 1.54) is 0 Å². The summed E-state index contributed by atoms with van der Waals surface area (Å²) in [5, 5.41) is 11.3. The monoisotopic (exact) mass is 279 g/mol. The third-order valence-corrected chi connectivity index (χ3v) is 2.85. The first-order valence-corrected chi connectivity index (χ1v) is 6.12. The molecule has 0 fully saturated rings. The number of carbonyl (C=O) groups is 1. The Hall–Kier alpha value is -1.92. The summed E-state index contributed by atoms with van der Waals surface area (Å²) in [5.74, 6) is -0.228. The maximum atomic E-state index is 11.1. The van der Waals surface area contributed by atoms with Gasteiger partial charge in [-0.3, -0.25) is 4.79 Å². The molecule has 0 unspecified atom stereocenters. The average molecular weight is 280 g/mol. The molecular formula is C12H14ClN5O. The highest BCUT2D eigenvalue weighted by molar-refractivity contribution is 6.30. The lowest BCUT2D eigenvalue weighted by Gasteiger charge is -2.04. The molecular weight excluding hydrogens is 266 g/mol. The fourth-order valence-electron chi connectivity index (χ4n) is 1.59. The maximum Gasteiger partial charge on any atom is 0.234 e. The fourth-order valence-corrected chi connectivity index (χ4v) is 1.75. The summed E-state index contributed by atoms with van der Waals surface area (Å²) in [5.41, 5.74) is 7.75. The van der Waals surface area contributed by atoms with E-state index in [9.17, 15) is 4.79 Å². The van der Waals surface area contributed by atoms with Crippen molar-refractivity contribution >= 4 is 17.5 Å². The average Bonchev–Trinajstić information content (AvgIpc) is 2.87. The van der Waals surface area contributed by atoms with Crippen molar-refractivity contribution in [3.05, 3.63) is 40.7 Å². The highest BCUT2D eigenvalue weighted by Gasteiger charge is 2.07. The summed E-state index contributed by atoms with van der Waals surface area (Å²) < 4.78 is 1.63. The van der Waals surface area contributed by atoms with Crippen molar-refractivity contribution < 1.29 is 4.79 Å².